The third-order valence-corrected chi connectivity index (χ3v) is 5.42. The molecule has 0 aliphatic heterocycles. The van der Waals surface area contributed by atoms with E-state index in [1.165, 1.54) is 0 Å². The van der Waals surface area contributed by atoms with E-state index in [9.17, 15) is 15.0 Å². The van der Waals surface area contributed by atoms with E-state index in [1.807, 2.05) is 6.92 Å². The van der Waals surface area contributed by atoms with E-state index in [1.54, 1.807) is 12.2 Å². The number of hydrogen-bond donors (Lipinski definition) is 2. The molecule has 0 radical (unpaired) electrons. The quantitative estimate of drug-likeness (QED) is 0.749. The fourth-order valence-corrected chi connectivity index (χ4v) is 4.38. The first kappa shape index (κ1) is 12.0. The Balaban J connectivity index is 1.96. The van der Waals surface area contributed by atoms with Gasteiger partial charge in [-0.3, -0.25) is 4.79 Å². The van der Waals surface area contributed by atoms with Crippen LogP contribution in [0.25, 0.3) is 0 Å². The van der Waals surface area contributed by atoms with Crippen LogP contribution in [-0.4, -0.2) is 22.1 Å². The van der Waals surface area contributed by atoms with E-state index in [4.69, 9.17) is 0 Å². The van der Waals surface area contributed by atoms with Gasteiger partial charge in [-0.15, -0.1) is 0 Å². The molecular weight excluding hydrogens is 228 g/mol. The summed E-state index contributed by atoms with van der Waals surface area (Å²) in [6, 6.07) is 0. The fraction of sp³-hybridized carbons (Fsp3) is 0.667. The molecule has 3 aliphatic carbocycles. The SMILES string of the molecule is CC1=CC(O)C(C2(C)[C@@H]3CCC(=O)[C@H]2C3)C(O)=C1. The van der Waals surface area contributed by atoms with Crippen LogP contribution in [0, 0.1) is 23.2 Å². The van der Waals surface area contributed by atoms with Crippen molar-refractivity contribution in [2.24, 2.45) is 23.2 Å². The standard InChI is InChI=1S/C15H20O3/c1-8-5-12(17)14(13(18)6-8)15(2)9-3-4-11(16)10(15)7-9/h5-6,9-10,12,14,17-18H,3-4,7H2,1-2H3/t9-,10-,12?,14?,15?/m1/s1. The van der Waals surface area contributed by atoms with Gasteiger partial charge in [0.15, 0.2) is 0 Å². The summed E-state index contributed by atoms with van der Waals surface area (Å²) in [5.41, 5.74) is 0.627. The minimum Gasteiger partial charge on any atom is -0.512 e. The van der Waals surface area contributed by atoms with Crippen molar-refractivity contribution in [3.63, 3.8) is 0 Å². The van der Waals surface area contributed by atoms with Crippen molar-refractivity contribution in [2.75, 3.05) is 0 Å². The summed E-state index contributed by atoms with van der Waals surface area (Å²) in [7, 11) is 0. The molecule has 98 valence electrons. The van der Waals surface area contributed by atoms with Gasteiger partial charge in [-0.25, -0.2) is 0 Å². The summed E-state index contributed by atoms with van der Waals surface area (Å²) in [5.74, 6) is 0.732. The van der Waals surface area contributed by atoms with Gasteiger partial charge in [-0.05, 0) is 42.7 Å². The molecule has 0 amide bonds. The summed E-state index contributed by atoms with van der Waals surface area (Å²) in [4.78, 5) is 12.0. The molecule has 0 saturated heterocycles. The maximum atomic E-state index is 12.0. The number of ketones is 1. The van der Waals surface area contributed by atoms with Gasteiger partial charge in [0.2, 0.25) is 0 Å². The van der Waals surface area contributed by atoms with Gasteiger partial charge in [-0.1, -0.05) is 13.0 Å². The van der Waals surface area contributed by atoms with Crippen molar-refractivity contribution < 1.29 is 15.0 Å². The molecule has 3 rings (SSSR count). The number of rotatable bonds is 1. The highest BCUT2D eigenvalue weighted by Crippen LogP contribution is 2.63. The zero-order valence-corrected chi connectivity index (χ0v) is 10.9. The van der Waals surface area contributed by atoms with Gasteiger partial charge in [0.1, 0.15) is 5.78 Å². The average molecular weight is 248 g/mol. The van der Waals surface area contributed by atoms with Crippen LogP contribution in [0.5, 0.6) is 0 Å². The molecule has 0 aromatic carbocycles. The zero-order chi connectivity index (χ0) is 13.1. The average Bonchev–Trinajstić information content (AvgIpc) is 2.26. The highest BCUT2D eigenvalue weighted by molar-refractivity contribution is 5.84. The van der Waals surface area contributed by atoms with Crippen LogP contribution in [0.3, 0.4) is 0 Å². The summed E-state index contributed by atoms with van der Waals surface area (Å²) in [6.45, 7) is 3.93. The molecule has 0 aromatic rings. The van der Waals surface area contributed by atoms with Crippen molar-refractivity contribution in [3.05, 3.63) is 23.5 Å². The first-order valence-electron chi connectivity index (χ1n) is 6.74. The second kappa shape index (κ2) is 3.70. The Hall–Kier alpha value is -1.09. The number of aliphatic hydroxyl groups is 2. The Bertz CT molecular complexity index is 460. The van der Waals surface area contributed by atoms with E-state index >= 15 is 0 Å². The lowest BCUT2D eigenvalue weighted by atomic mass is 9.42. The summed E-state index contributed by atoms with van der Waals surface area (Å²) in [6.07, 6.45) is 5.36. The van der Waals surface area contributed by atoms with E-state index in [0.29, 0.717) is 18.1 Å². The number of hydrogen-bond acceptors (Lipinski definition) is 3. The fourth-order valence-electron chi connectivity index (χ4n) is 4.38. The Morgan fingerprint density at radius 3 is 2.72 bits per heavy atom. The largest absolute Gasteiger partial charge is 0.512 e. The topological polar surface area (TPSA) is 57.5 Å². The molecule has 0 spiro atoms. The van der Waals surface area contributed by atoms with Crippen LogP contribution >= 0.6 is 0 Å². The predicted octanol–water partition coefficient (Wildman–Crippen LogP) is 2.37. The molecule has 3 aliphatic rings. The van der Waals surface area contributed by atoms with Gasteiger partial charge in [0.25, 0.3) is 0 Å². The molecule has 2 N–H and O–H groups in total. The normalized spacial score (nSPS) is 47.2. The summed E-state index contributed by atoms with van der Waals surface area (Å²) >= 11 is 0. The van der Waals surface area contributed by atoms with Gasteiger partial charge in [0.05, 0.1) is 17.8 Å². The minimum absolute atomic E-state index is 0.0262. The Labute approximate surface area is 107 Å². The third-order valence-electron chi connectivity index (χ3n) is 5.42. The number of fused-ring (bicyclic) bond motifs is 2. The van der Waals surface area contributed by atoms with Gasteiger partial charge < -0.3 is 10.2 Å². The molecule has 2 bridgehead atoms. The monoisotopic (exact) mass is 248 g/mol. The molecule has 2 fully saturated rings. The van der Waals surface area contributed by atoms with Gasteiger partial charge in [0, 0.05) is 12.3 Å². The van der Waals surface area contributed by atoms with E-state index in [2.05, 4.69) is 6.92 Å². The van der Waals surface area contributed by atoms with Crippen molar-refractivity contribution in [2.45, 2.75) is 39.2 Å². The number of Topliss-reactive ketones (excluding diaryl/α,β-unsaturated/α-hetero) is 1. The lowest BCUT2D eigenvalue weighted by molar-refractivity contribution is -0.168. The molecule has 0 aromatic heterocycles. The third kappa shape index (κ3) is 1.37. The van der Waals surface area contributed by atoms with E-state index in [0.717, 1.165) is 18.4 Å². The molecule has 18 heavy (non-hydrogen) atoms. The Morgan fingerprint density at radius 2 is 2.17 bits per heavy atom. The van der Waals surface area contributed by atoms with Gasteiger partial charge >= 0.3 is 0 Å². The maximum absolute atomic E-state index is 12.0. The number of carbonyl (C=O) groups excluding carboxylic acids is 1. The Morgan fingerprint density at radius 1 is 1.44 bits per heavy atom. The van der Waals surface area contributed by atoms with Crippen molar-refractivity contribution in [3.8, 4) is 0 Å². The van der Waals surface area contributed by atoms with Gasteiger partial charge in [-0.2, -0.15) is 0 Å². The second-order valence-electron chi connectivity index (χ2n) is 6.30. The molecule has 2 saturated carbocycles. The van der Waals surface area contributed by atoms with Crippen LogP contribution in [0.4, 0.5) is 0 Å². The summed E-state index contributed by atoms with van der Waals surface area (Å²) in [5, 5.41) is 20.5. The van der Waals surface area contributed by atoms with Crippen LogP contribution in [0.1, 0.15) is 33.1 Å². The number of allylic oxidation sites excluding steroid dienone is 2. The van der Waals surface area contributed by atoms with E-state index < -0.39 is 6.10 Å². The molecular formula is C15H20O3. The van der Waals surface area contributed by atoms with Crippen LogP contribution in [-0.2, 0) is 4.79 Å². The predicted molar refractivity (Wildman–Crippen MR) is 67.9 cm³/mol. The van der Waals surface area contributed by atoms with Crippen molar-refractivity contribution >= 4 is 5.78 Å². The van der Waals surface area contributed by atoms with E-state index in [-0.39, 0.29) is 23.0 Å². The first-order valence-corrected chi connectivity index (χ1v) is 6.74. The molecule has 3 heteroatoms. The van der Waals surface area contributed by atoms with Crippen LogP contribution in [0.2, 0.25) is 0 Å². The van der Waals surface area contributed by atoms with Crippen LogP contribution < -0.4 is 0 Å². The first-order chi connectivity index (χ1) is 8.44. The smallest absolute Gasteiger partial charge is 0.136 e. The number of carbonyl (C=O) groups is 1. The lowest BCUT2D eigenvalue weighted by Gasteiger charge is -2.61. The molecule has 3 unspecified atom stereocenters. The highest BCUT2D eigenvalue weighted by atomic mass is 16.3. The molecule has 0 heterocycles. The zero-order valence-electron chi connectivity index (χ0n) is 10.9. The second-order valence-corrected chi connectivity index (χ2v) is 6.30. The number of aliphatic hydroxyl groups excluding tert-OH is 2. The van der Waals surface area contributed by atoms with Crippen molar-refractivity contribution in [1.82, 2.24) is 0 Å². The Kier molecular flexibility index (Phi) is 2.46. The minimum atomic E-state index is -0.670. The molecule has 3 nitrogen and oxygen atoms in total. The molecule has 5 atom stereocenters. The lowest BCUT2D eigenvalue weighted by Crippen LogP contribution is -2.60. The van der Waals surface area contributed by atoms with Crippen molar-refractivity contribution in [1.29, 1.82) is 0 Å². The van der Waals surface area contributed by atoms with Crippen LogP contribution in [0.15, 0.2) is 23.5 Å². The maximum Gasteiger partial charge on any atom is 0.136 e. The highest BCUT2D eigenvalue weighted by Gasteiger charge is 2.62. The summed E-state index contributed by atoms with van der Waals surface area (Å²) < 4.78 is 0.